The minimum Gasteiger partial charge on any atom is -0.379 e. The Hall–Kier alpha value is -0.130. The first-order valence-corrected chi connectivity index (χ1v) is 6.73. The van der Waals surface area contributed by atoms with Crippen molar-refractivity contribution in [2.45, 2.75) is 30.0 Å². The summed E-state index contributed by atoms with van der Waals surface area (Å²) in [5, 5.41) is 1.62. The maximum Gasteiger partial charge on any atom is 0.130 e. The molecule has 0 atom stereocenters. The lowest BCUT2D eigenvalue weighted by atomic mass is 10.3. The van der Waals surface area contributed by atoms with Crippen molar-refractivity contribution < 1.29 is 4.74 Å². The number of aromatic nitrogens is 2. The zero-order chi connectivity index (χ0) is 10.7. The molecule has 1 aliphatic heterocycles. The first-order chi connectivity index (χ1) is 7.28. The molecule has 2 heterocycles. The van der Waals surface area contributed by atoms with Crippen LogP contribution in [0.3, 0.4) is 0 Å². The molecule has 1 saturated heterocycles. The smallest absolute Gasteiger partial charge is 0.130 e. The fourth-order valence-electron chi connectivity index (χ4n) is 1.29. The highest BCUT2D eigenvalue weighted by Gasteiger charge is 2.20. The summed E-state index contributed by atoms with van der Waals surface area (Å²) in [5.74, 6) is 0.926. The zero-order valence-electron chi connectivity index (χ0n) is 8.57. The second kappa shape index (κ2) is 5.27. The molecule has 5 heteroatoms. The van der Waals surface area contributed by atoms with Gasteiger partial charge in [-0.25, -0.2) is 9.97 Å². The van der Waals surface area contributed by atoms with E-state index in [2.05, 4.69) is 32.8 Å². The molecule has 0 aromatic carbocycles. The quantitative estimate of drug-likeness (QED) is 0.798. The summed E-state index contributed by atoms with van der Waals surface area (Å²) in [4.78, 5) is 8.85. The Kier molecular flexibility index (Phi) is 3.99. The third-order valence-corrected chi connectivity index (χ3v) is 3.55. The molecule has 0 radical (unpaired) electrons. The Labute approximate surface area is 102 Å². The van der Waals surface area contributed by atoms with Crippen molar-refractivity contribution in [3.8, 4) is 0 Å². The van der Waals surface area contributed by atoms with E-state index in [-0.39, 0.29) is 0 Å². The van der Waals surface area contributed by atoms with Crippen molar-refractivity contribution in [3.63, 3.8) is 0 Å². The molecule has 0 aliphatic carbocycles. The fraction of sp³-hybridized carbons (Fsp3) is 0.600. The minimum atomic E-state index is 0.571. The van der Waals surface area contributed by atoms with Gasteiger partial charge in [0.15, 0.2) is 0 Å². The van der Waals surface area contributed by atoms with Gasteiger partial charge in [0.05, 0.1) is 18.5 Å². The number of nitrogens with zero attached hydrogens (tertiary/aromatic N) is 2. The molecule has 0 N–H and O–H groups in total. The van der Waals surface area contributed by atoms with Gasteiger partial charge in [-0.1, -0.05) is 18.7 Å². The summed E-state index contributed by atoms with van der Waals surface area (Å²) in [6.07, 6.45) is 2.02. The standard InChI is InChI=1S/C10H13BrN2OS/c1-2-3-9-12-8(11)4-10(13-9)15-7-5-14-6-7/h4,7H,2-3,5-6H2,1H3. The van der Waals surface area contributed by atoms with Crippen molar-refractivity contribution in [1.82, 2.24) is 9.97 Å². The molecule has 0 amide bonds. The highest BCUT2D eigenvalue weighted by atomic mass is 79.9. The monoisotopic (exact) mass is 288 g/mol. The molecule has 0 unspecified atom stereocenters. The SMILES string of the molecule is CCCc1nc(Br)cc(SC2COC2)n1. The summed E-state index contributed by atoms with van der Waals surface area (Å²) >= 11 is 5.20. The van der Waals surface area contributed by atoms with Gasteiger partial charge in [-0.2, -0.15) is 0 Å². The third kappa shape index (κ3) is 3.16. The van der Waals surface area contributed by atoms with Crippen LogP contribution < -0.4 is 0 Å². The number of aryl methyl sites for hydroxylation is 1. The Bertz CT molecular complexity index is 344. The Balaban J connectivity index is 2.07. The fourth-order valence-corrected chi connectivity index (χ4v) is 2.87. The normalized spacial score (nSPS) is 16.4. The van der Waals surface area contributed by atoms with E-state index in [1.165, 1.54) is 0 Å². The van der Waals surface area contributed by atoms with E-state index in [4.69, 9.17) is 4.74 Å². The van der Waals surface area contributed by atoms with Gasteiger partial charge < -0.3 is 4.74 Å². The lowest BCUT2D eigenvalue weighted by molar-refractivity contribution is 0.0454. The van der Waals surface area contributed by atoms with Crippen LogP contribution >= 0.6 is 27.7 Å². The van der Waals surface area contributed by atoms with Gasteiger partial charge in [0.25, 0.3) is 0 Å². The number of thioether (sulfide) groups is 1. The van der Waals surface area contributed by atoms with Crippen molar-refractivity contribution in [3.05, 3.63) is 16.5 Å². The van der Waals surface area contributed by atoms with E-state index in [1.807, 2.05) is 6.07 Å². The van der Waals surface area contributed by atoms with E-state index in [1.54, 1.807) is 11.8 Å². The maximum absolute atomic E-state index is 5.14. The molecule has 1 fully saturated rings. The molecule has 0 saturated carbocycles. The van der Waals surface area contributed by atoms with Crippen LogP contribution in [0.25, 0.3) is 0 Å². The van der Waals surface area contributed by atoms with Gasteiger partial charge in [-0.05, 0) is 22.4 Å². The van der Waals surface area contributed by atoms with Crippen molar-refractivity contribution in [1.29, 1.82) is 0 Å². The van der Waals surface area contributed by atoms with Crippen LogP contribution in [0, 0.1) is 0 Å². The lowest BCUT2D eigenvalue weighted by Crippen LogP contribution is -2.30. The van der Waals surface area contributed by atoms with Gasteiger partial charge >= 0.3 is 0 Å². The van der Waals surface area contributed by atoms with Crippen LogP contribution in [0.2, 0.25) is 0 Å². The van der Waals surface area contributed by atoms with Crippen LogP contribution in [-0.4, -0.2) is 28.4 Å². The molecular weight excluding hydrogens is 276 g/mol. The summed E-state index contributed by atoms with van der Waals surface area (Å²) in [5.41, 5.74) is 0. The molecule has 82 valence electrons. The molecular formula is C10H13BrN2OS. The Morgan fingerprint density at radius 1 is 1.53 bits per heavy atom. The highest BCUT2D eigenvalue weighted by Crippen LogP contribution is 2.27. The van der Waals surface area contributed by atoms with Crippen molar-refractivity contribution in [2.75, 3.05) is 13.2 Å². The summed E-state index contributed by atoms with van der Waals surface area (Å²) in [6, 6.07) is 1.97. The average molecular weight is 289 g/mol. The topological polar surface area (TPSA) is 35.0 Å². The molecule has 1 aromatic heterocycles. The van der Waals surface area contributed by atoms with E-state index in [0.717, 1.165) is 41.5 Å². The van der Waals surface area contributed by atoms with Crippen LogP contribution in [0.4, 0.5) is 0 Å². The van der Waals surface area contributed by atoms with Gasteiger partial charge in [0.2, 0.25) is 0 Å². The number of hydrogen-bond acceptors (Lipinski definition) is 4. The van der Waals surface area contributed by atoms with Gasteiger partial charge in [0.1, 0.15) is 15.5 Å². The average Bonchev–Trinajstić information content (AvgIpc) is 2.11. The molecule has 1 aromatic rings. The number of ether oxygens (including phenoxy) is 1. The van der Waals surface area contributed by atoms with E-state index in [0.29, 0.717) is 5.25 Å². The lowest BCUT2D eigenvalue weighted by Gasteiger charge is -2.24. The van der Waals surface area contributed by atoms with Crippen LogP contribution in [0.15, 0.2) is 15.7 Å². The van der Waals surface area contributed by atoms with Crippen molar-refractivity contribution in [2.24, 2.45) is 0 Å². The van der Waals surface area contributed by atoms with Crippen molar-refractivity contribution >= 4 is 27.7 Å². The second-order valence-electron chi connectivity index (χ2n) is 3.47. The molecule has 0 spiro atoms. The Morgan fingerprint density at radius 2 is 2.33 bits per heavy atom. The maximum atomic E-state index is 5.14. The summed E-state index contributed by atoms with van der Waals surface area (Å²) in [7, 11) is 0. The van der Waals surface area contributed by atoms with E-state index < -0.39 is 0 Å². The minimum absolute atomic E-state index is 0.571. The number of rotatable bonds is 4. The summed E-state index contributed by atoms with van der Waals surface area (Å²) in [6.45, 7) is 3.82. The highest BCUT2D eigenvalue weighted by molar-refractivity contribution is 9.10. The first-order valence-electron chi connectivity index (χ1n) is 5.06. The molecule has 15 heavy (non-hydrogen) atoms. The van der Waals surface area contributed by atoms with E-state index in [9.17, 15) is 0 Å². The van der Waals surface area contributed by atoms with Crippen LogP contribution in [-0.2, 0) is 11.2 Å². The predicted octanol–water partition coefficient (Wildman–Crippen LogP) is 2.68. The second-order valence-corrected chi connectivity index (χ2v) is 5.61. The third-order valence-electron chi connectivity index (χ3n) is 2.09. The number of hydrogen-bond donors (Lipinski definition) is 0. The molecule has 3 nitrogen and oxygen atoms in total. The molecule has 2 rings (SSSR count). The molecule has 0 bridgehead atoms. The zero-order valence-corrected chi connectivity index (χ0v) is 11.0. The summed E-state index contributed by atoms with van der Waals surface area (Å²) < 4.78 is 6.02. The molecule has 1 aliphatic rings. The van der Waals surface area contributed by atoms with Gasteiger partial charge in [-0.15, -0.1) is 0 Å². The van der Waals surface area contributed by atoms with Crippen LogP contribution in [0.1, 0.15) is 19.2 Å². The van der Waals surface area contributed by atoms with Crippen LogP contribution in [0.5, 0.6) is 0 Å². The number of halogens is 1. The Morgan fingerprint density at radius 3 is 2.93 bits per heavy atom. The first kappa shape index (κ1) is 11.4. The van der Waals surface area contributed by atoms with Gasteiger partial charge in [-0.3, -0.25) is 0 Å². The van der Waals surface area contributed by atoms with E-state index >= 15 is 0 Å². The van der Waals surface area contributed by atoms with Gasteiger partial charge in [0, 0.05) is 12.5 Å². The largest absolute Gasteiger partial charge is 0.379 e. The predicted molar refractivity (Wildman–Crippen MR) is 64.2 cm³/mol.